The molecule has 1 atom stereocenters. The number of carbonyl (C=O) groups excluding carboxylic acids is 3. The second kappa shape index (κ2) is 11.1. The molecular weight excluding hydrogens is 475 g/mol. The fourth-order valence-electron chi connectivity index (χ4n) is 4.60. The number of amides is 3. The summed E-state index contributed by atoms with van der Waals surface area (Å²) in [6.45, 7) is 2.43. The number of nitrogens with zero attached hydrogens (tertiary/aromatic N) is 2. The first-order chi connectivity index (χ1) is 17.2. The van der Waals surface area contributed by atoms with Gasteiger partial charge in [-0.1, -0.05) is 18.2 Å². The molecular formula is C26H28F3N3O4. The average Bonchev–Trinajstić information content (AvgIpc) is 2.91. The molecule has 2 aromatic carbocycles. The Morgan fingerprint density at radius 3 is 2.03 bits per heavy atom. The van der Waals surface area contributed by atoms with Gasteiger partial charge in [-0.3, -0.25) is 14.4 Å². The maximum atomic E-state index is 13.4. The molecule has 2 aromatic rings. The average molecular weight is 504 g/mol. The molecule has 0 aromatic heterocycles. The van der Waals surface area contributed by atoms with Gasteiger partial charge in [0.15, 0.2) is 0 Å². The normalized spacial score (nSPS) is 18.0. The van der Waals surface area contributed by atoms with Gasteiger partial charge in [0.05, 0.1) is 18.8 Å². The largest absolute Gasteiger partial charge is 0.416 e. The molecule has 7 nitrogen and oxygen atoms in total. The first-order valence-electron chi connectivity index (χ1n) is 11.9. The van der Waals surface area contributed by atoms with Crippen molar-refractivity contribution >= 4 is 17.7 Å². The number of rotatable bonds is 5. The number of benzene rings is 2. The Balaban J connectivity index is 1.43. The van der Waals surface area contributed by atoms with Gasteiger partial charge in [-0.15, -0.1) is 0 Å². The van der Waals surface area contributed by atoms with E-state index < -0.39 is 17.8 Å². The second-order valence-electron chi connectivity index (χ2n) is 8.96. The van der Waals surface area contributed by atoms with Crippen LogP contribution in [-0.2, 0) is 15.7 Å². The zero-order valence-corrected chi connectivity index (χ0v) is 19.7. The lowest BCUT2D eigenvalue weighted by atomic mass is 9.87. The lowest BCUT2D eigenvalue weighted by molar-refractivity contribution is -0.139. The number of carbonyl (C=O) groups is 3. The molecule has 0 aliphatic carbocycles. The maximum Gasteiger partial charge on any atom is 0.416 e. The Kier molecular flexibility index (Phi) is 7.93. The first kappa shape index (κ1) is 25.7. The number of morpholine rings is 1. The van der Waals surface area contributed by atoms with Gasteiger partial charge >= 0.3 is 6.18 Å². The van der Waals surface area contributed by atoms with Crippen LogP contribution in [0.5, 0.6) is 0 Å². The van der Waals surface area contributed by atoms with Crippen molar-refractivity contribution in [1.29, 1.82) is 0 Å². The highest BCUT2D eigenvalue weighted by molar-refractivity contribution is 5.97. The Morgan fingerprint density at radius 2 is 1.44 bits per heavy atom. The van der Waals surface area contributed by atoms with E-state index in [0.717, 1.165) is 12.1 Å². The van der Waals surface area contributed by atoms with Crippen LogP contribution in [0, 0.1) is 5.92 Å². The maximum absolute atomic E-state index is 13.4. The number of nitrogens with one attached hydrogen (secondary N) is 1. The Hall–Kier alpha value is -3.40. The summed E-state index contributed by atoms with van der Waals surface area (Å²) in [5, 5.41) is 2.92. The quantitative estimate of drug-likeness (QED) is 0.680. The van der Waals surface area contributed by atoms with Crippen LogP contribution in [0.3, 0.4) is 0 Å². The molecule has 3 amide bonds. The summed E-state index contributed by atoms with van der Waals surface area (Å²) < 4.78 is 43.8. The minimum absolute atomic E-state index is 0.171. The molecule has 2 saturated heterocycles. The standard InChI is InChI=1S/C26H28F3N3O4/c27-26(28,29)21-8-6-20(7-9-21)24(34)31-12-10-18(11-13-31)22(25(35)32-14-16-36-17-15-32)30-23(33)19-4-2-1-3-5-19/h1-9,18,22H,10-17H2,(H,30,33)/t22-/m0/s1. The fraction of sp³-hybridized carbons (Fsp3) is 0.423. The van der Waals surface area contributed by atoms with E-state index in [1.54, 1.807) is 40.1 Å². The molecule has 2 aliphatic heterocycles. The van der Waals surface area contributed by atoms with E-state index in [4.69, 9.17) is 4.74 Å². The summed E-state index contributed by atoms with van der Waals surface area (Å²) in [5.41, 5.74) is -0.177. The molecule has 0 bridgehead atoms. The van der Waals surface area contributed by atoms with Gasteiger partial charge in [-0.2, -0.15) is 13.2 Å². The zero-order valence-electron chi connectivity index (χ0n) is 19.7. The van der Waals surface area contributed by atoms with Crippen LogP contribution in [0.4, 0.5) is 13.2 Å². The number of piperidine rings is 1. The molecule has 1 N–H and O–H groups in total. The number of hydrogen-bond donors (Lipinski definition) is 1. The molecule has 0 spiro atoms. The first-order valence-corrected chi connectivity index (χ1v) is 11.9. The van der Waals surface area contributed by atoms with Crippen molar-refractivity contribution in [3.05, 3.63) is 71.3 Å². The van der Waals surface area contributed by atoms with Gasteiger partial charge in [0.1, 0.15) is 6.04 Å². The fourth-order valence-corrected chi connectivity index (χ4v) is 4.60. The van der Waals surface area contributed by atoms with Crippen molar-refractivity contribution in [3.63, 3.8) is 0 Å². The van der Waals surface area contributed by atoms with E-state index in [2.05, 4.69) is 5.32 Å². The highest BCUT2D eigenvalue weighted by atomic mass is 19.4. The molecule has 2 aliphatic rings. The topological polar surface area (TPSA) is 79.0 Å². The van der Waals surface area contributed by atoms with Gasteiger partial charge in [-0.05, 0) is 55.2 Å². The summed E-state index contributed by atoms with van der Waals surface area (Å²) in [6.07, 6.45) is -3.52. The minimum Gasteiger partial charge on any atom is -0.378 e. The molecule has 4 rings (SSSR count). The van der Waals surface area contributed by atoms with Gasteiger partial charge in [0, 0.05) is 37.3 Å². The van der Waals surface area contributed by atoms with Crippen LogP contribution in [0.1, 0.15) is 39.1 Å². The van der Waals surface area contributed by atoms with E-state index in [9.17, 15) is 27.6 Å². The van der Waals surface area contributed by atoms with Crippen LogP contribution >= 0.6 is 0 Å². The van der Waals surface area contributed by atoms with E-state index in [1.807, 2.05) is 0 Å². The summed E-state index contributed by atoms with van der Waals surface area (Å²) in [6, 6.07) is 12.1. The molecule has 10 heteroatoms. The van der Waals surface area contributed by atoms with Crippen molar-refractivity contribution in [3.8, 4) is 0 Å². The van der Waals surface area contributed by atoms with Crippen molar-refractivity contribution in [2.45, 2.75) is 25.1 Å². The molecule has 0 radical (unpaired) electrons. The second-order valence-corrected chi connectivity index (χ2v) is 8.96. The highest BCUT2D eigenvalue weighted by Gasteiger charge is 2.37. The van der Waals surface area contributed by atoms with Crippen LogP contribution in [-0.4, -0.2) is 73.0 Å². The predicted octanol–water partition coefficient (Wildman–Crippen LogP) is 3.22. The number of likely N-dealkylation sites (tertiary alicyclic amines) is 1. The van der Waals surface area contributed by atoms with Crippen LogP contribution < -0.4 is 5.32 Å². The molecule has 2 fully saturated rings. The predicted molar refractivity (Wildman–Crippen MR) is 125 cm³/mol. The monoisotopic (exact) mass is 503 g/mol. The molecule has 192 valence electrons. The number of ether oxygens (including phenoxy) is 1. The molecule has 0 unspecified atom stereocenters. The van der Waals surface area contributed by atoms with Gasteiger partial charge in [0.25, 0.3) is 11.8 Å². The van der Waals surface area contributed by atoms with Crippen molar-refractivity contribution in [2.75, 3.05) is 39.4 Å². The number of alkyl halides is 3. The third kappa shape index (κ3) is 6.04. The lowest BCUT2D eigenvalue weighted by Gasteiger charge is -2.38. The molecule has 0 saturated carbocycles. The summed E-state index contributed by atoms with van der Waals surface area (Å²) in [4.78, 5) is 42.4. The summed E-state index contributed by atoms with van der Waals surface area (Å²) in [5.74, 6) is -1.06. The van der Waals surface area contributed by atoms with E-state index in [-0.39, 0.29) is 29.2 Å². The number of hydrogen-bond acceptors (Lipinski definition) is 4. The van der Waals surface area contributed by atoms with Crippen molar-refractivity contribution < 1.29 is 32.3 Å². The van der Waals surface area contributed by atoms with E-state index in [1.165, 1.54) is 12.1 Å². The SMILES string of the molecule is O=C(N[C@H](C(=O)N1CCOCC1)C1CCN(C(=O)c2ccc(C(F)(F)F)cc2)CC1)c1ccccc1. The van der Waals surface area contributed by atoms with Crippen LogP contribution in [0.2, 0.25) is 0 Å². The van der Waals surface area contributed by atoms with Gasteiger partial charge < -0.3 is 19.9 Å². The van der Waals surface area contributed by atoms with Gasteiger partial charge in [-0.25, -0.2) is 0 Å². The summed E-state index contributed by atoms with van der Waals surface area (Å²) >= 11 is 0. The zero-order chi connectivity index (χ0) is 25.7. The lowest BCUT2D eigenvalue weighted by Crippen LogP contribution is -2.56. The third-order valence-electron chi connectivity index (χ3n) is 6.67. The Labute approximate surface area is 207 Å². The Morgan fingerprint density at radius 1 is 0.833 bits per heavy atom. The molecule has 2 heterocycles. The number of halogens is 3. The highest BCUT2D eigenvalue weighted by Crippen LogP contribution is 2.30. The third-order valence-corrected chi connectivity index (χ3v) is 6.67. The smallest absolute Gasteiger partial charge is 0.378 e. The minimum atomic E-state index is -4.47. The van der Waals surface area contributed by atoms with Crippen LogP contribution in [0.15, 0.2) is 54.6 Å². The molecule has 36 heavy (non-hydrogen) atoms. The van der Waals surface area contributed by atoms with Gasteiger partial charge in [0.2, 0.25) is 5.91 Å². The summed E-state index contributed by atoms with van der Waals surface area (Å²) in [7, 11) is 0. The van der Waals surface area contributed by atoms with Crippen molar-refractivity contribution in [2.24, 2.45) is 5.92 Å². The van der Waals surface area contributed by atoms with Crippen molar-refractivity contribution in [1.82, 2.24) is 15.1 Å². The van der Waals surface area contributed by atoms with E-state index >= 15 is 0 Å². The Bertz CT molecular complexity index is 1060. The van der Waals surface area contributed by atoms with Crippen LogP contribution in [0.25, 0.3) is 0 Å². The van der Waals surface area contributed by atoms with E-state index in [0.29, 0.717) is 57.8 Å².